The molecule has 6 heteroatoms. The fourth-order valence-electron chi connectivity index (χ4n) is 4.13. The second kappa shape index (κ2) is 6.27. The first-order valence-corrected chi connectivity index (χ1v) is 9.05. The van der Waals surface area contributed by atoms with E-state index in [4.69, 9.17) is 0 Å². The third-order valence-electron chi connectivity index (χ3n) is 5.46. The van der Waals surface area contributed by atoms with E-state index in [0.29, 0.717) is 0 Å². The van der Waals surface area contributed by atoms with E-state index in [9.17, 15) is 9.18 Å². The molecule has 0 bridgehead atoms. The van der Waals surface area contributed by atoms with Gasteiger partial charge in [-0.1, -0.05) is 19.3 Å². The Bertz CT molecular complexity index is 950. The lowest BCUT2D eigenvalue weighted by Gasteiger charge is -2.37. The number of nitrogens with one attached hydrogen (secondary N) is 1. The van der Waals surface area contributed by atoms with Gasteiger partial charge in [-0.15, -0.1) is 0 Å². The molecule has 0 unspecified atom stereocenters. The number of amides is 1. The molecule has 2 aromatic heterocycles. The minimum Gasteiger partial charge on any atom is -0.360 e. The SMILES string of the molecule is CN(C)C(=O)C1(n2cc(-c3c[nH]c4cc(F)ccc34)cn2)CCCCC1. The van der Waals surface area contributed by atoms with Crippen molar-refractivity contribution in [3.8, 4) is 11.1 Å². The van der Waals surface area contributed by atoms with Crippen molar-refractivity contribution in [3.63, 3.8) is 0 Å². The number of hydrogen-bond acceptors (Lipinski definition) is 2. The van der Waals surface area contributed by atoms with Gasteiger partial charge in [0.2, 0.25) is 5.91 Å². The number of halogens is 1. The third-order valence-corrected chi connectivity index (χ3v) is 5.46. The highest BCUT2D eigenvalue weighted by Gasteiger charge is 2.43. The average Bonchev–Trinajstić information content (AvgIpc) is 3.28. The molecule has 1 amide bonds. The molecule has 0 atom stereocenters. The Kier molecular flexibility index (Phi) is 4.05. The van der Waals surface area contributed by atoms with Crippen LogP contribution < -0.4 is 0 Å². The molecule has 26 heavy (non-hydrogen) atoms. The van der Waals surface area contributed by atoms with Gasteiger partial charge in [0, 0.05) is 48.5 Å². The number of nitrogens with zero attached hydrogens (tertiary/aromatic N) is 3. The molecule has 1 N–H and O–H groups in total. The number of aromatic amines is 1. The topological polar surface area (TPSA) is 53.9 Å². The van der Waals surface area contributed by atoms with Gasteiger partial charge in [0.15, 0.2) is 0 Å². The van der Waals surface area contributed by atoms with Crippen molar-refractivity contribution in [3.05, 3.63) is 42.6 Å². The number of likely N-dealkylation sites (N-methyl/N-ethyl adjacent to an activating group) is 1. The summed E-state index contributed by atoms with van der Waals surface area (Å²) in [5.74, 6) is -0.160. The molecule has 0 aliphatic heterocycles. The minimum absolute atomic E-state index is 0.104. The number of carbonyl (C=O) groups excluding carboxylic acids is 1. The monoisotopic (exact) mass is 354 g/mol. The lowest BCUT2D eigenvalue weighted by Crippen LogP contribution is -2.49. The van der Waals surface area contributed by atoms with Crippen molar-refractivity contribution < 1.29 is 9.18 Å². The van der Waals surface area contributed by atoms with E-state index in [-0.39, 0.29) is 11.7 Å². The first kappa shape index (κ1) is 16.8. The first-order valence-electron chi connectivity index (χ1n) is 9.05. The summed E-state index contributed by atoms with van der Waals surface area (Å²) in [6.45, 7) is 0. The molecule has 1 fully saturated rings. The van der Waals surface area contributed by atoms with E-state index >= 15 is 0 Å². The van der Waals surface area contributed by atoms with Crippen LogP contribution in [0.3, 0.4) is 0 Å². The summed E-state index contributed by atoms with van der Waals surface area (Å²) < 4.78 is 15.3. The van der Waals surface area contributed by atoms with E-state index in [1.807, 2.05) is 17.1 Å². The van der Waals surface area contributed by atoms with Crippen LogP contribution in [-0.4, -0.2) is 39.7 Å². The van der Waals surface area contributed by atoms with Crippen molar-refractivity contribution >= 4 is 16.8 Å². The van der Waals surface area contributed by atoms with Gasteiger partial charge < -0.3 is 9.88 Å². The zero-order valence-electron chi connectivity index (χ0n) is 15.1. The molecule has 2 heterocycles. The Hall–Kier alpha value is -2.63. The third kappa shape index (κ3) is 2.60. The number of hydrogen-bond donors (Lipinski definition) is 1. The Morgan fingerprint density at radius 1 is 1.27 bits per heavy atom. The van der Waals surface area contributed by atoms with E-state index in [1.165, 1.54) is 12.1 Å². The molecule has 136 valence electrons. The van der Waals surface area contributed by atoms with Crippen LogP contribution in [0, 0.1) is 5.82 Å². The van der Waals surface area contributed by atoms with Crippen molar-refractivity contribution in [2.24, 2.45) is 0 Å². The molecular weight excluding hydrogens is 331 g/mol. The maximum atomic E-state index is 13.4. The van der Waals surface area contributed by atoms with Crippen LogP contribution in [0.15, 0.2) is 36.8 Å². The average molecular weight is 354 g/mol. The van der Waals surface area contributed by atoms with Gasteiger partial charge in [0.05, 0.1) is 6.20 Å². The van der Waals surface area contributed by atoms with Crippen LogP contribution in [-0.2, 0) is 10.3 Å². The molecular formula is C20H23FN4O. The Balaban J connectivity index is 1.77. The lowest BCUT2D eigenvalue weighted by molar-refractivity contribution is -0.140. The Morgan fingerprint density at radius 3 is 2.77 bits per heavy atom. The van der Waals surface area contributed by atoms with Crippen molar-refractivity contribution in [1.82, 2.24) is 19.7 Å². The number of benzene rings is 1. The van der Waals surface area contributed by atoms with Gasteiger partial charge in [-0.25, -0.2) is 4.39 Å². The van der Waals surface area contributed by atoms with Gasteiger partial charge in [-0.05, 0) is 31.0 Å². The molecule has 0 saturated heterocycles. The largest absolute Gasteiger partial charge is 0.360 e. The molecule has 0 radical (unpaired) electrons. The van der Waals surface area contributed by atoms with Crippen LogP contribution >= 0.6 is 0 Å². The highest BCUT2D eigenvalue weighted by Crippen LogP contribution is 2.37. The Morgan fingerprint density at radius 2 is 2.04 bits per heavy atom. The highest BCUT2D eigenvalue weighted by atomic mass is 19.1. The van der Waals surface area contributed by atoms with Crippen LogP contribution in [0.25, 0.3) is 22.0 Å². The van der Waals surface area contributed by atoms with E-state index in [2.05, 4.69) is 10.1 Å². The molecule has 0 spiro atoms. The normalized spacial score (nSPS) is 16.7. The van der Waals surface area contributed by atoms with Crippen molar-refractivity contribution in [2.75, 3.05) is 14.1 Å². The summed E-state index contributed by atoms with van der Waals surface area (Å²) in [5, 5.41) is 5.52. The zero-order chi connectivity index (χ0) is 18.3. The van der Waals surface area contributed by atoms with E-state index < -0.39 is 5.54 Å². The summed E-state index contributed by atoms with van der Waals surface area (Å²) in [7, 11) is 3.61. The van der Waals surface area contributed by atoms with E-state index in [0.717, 1.165) is 54.1 Å². The number of H-pyrrole nitrogens is 1. The molecule has 4 rings (SSSR count). The van der Waals surface area contributed by atoms with E-state index in [1.54, 1.807) is 31.3 Å². The minimum atomic E-state index is -0.599. The molecule has 1 aliphatic rings. The number of fused-ring (bicyclic) bond motifs is 1. The summed E-state index contributed by atoms with van der Waals surface area (Å²) in [6, 6.07) is 4.72. The fraction of sp³-hybridized carbons (Fsp3) is 0.400. The van der Waals surface area contributed by atoms with Crippen LogP contribution in [0.5, 0.6) is 0 Å². The van der Waals surface area contributed by atoms with Crippen LogP contribution in [0.4, 0.5) is 4.39 Å². The number of aromatic nitrogens is 3. The molecule has 1 aliphatic carbocycles. The summed E-state index contributed by atoms with van der Waals surface area (Å²) in [5.41, 5.74) is 2.05. The van der Waals surface area contributed by atoms with Crippen molar-refractivity contribution in [1.29, 1.82) is 0 Å². The van der Waals surface area contributed by atoms with Crippen LogP contribution in [0.1, 0.15) is 32.1 Å². The second-order valence-electron chi connectivity index (χ2n) is 7.36. The number of carbonyl (C=O) groups is 1. The second-order valence-corrected chi connectivity index (χ2v) is 7.36. The standard InChI is InChI=1S/C20H23FN4O/c1-24(2)19(26)20(8-4-3-5-9-20)25-13-14(11-23-25)17-12-22-18-10-15(21)6-7-16(17)18/h6-7,10-13,22H,3-5,8-9H2,1-2H3. The molecule has 3 aromatic rings. The lowest BCUT2D eigenvalue weighted by atomic mass is 9.80. The van der Waals surface area contributed by atoms with Gasteiger partial charge in [-0.2, -0.15) is 5.10 Å². The smallest absolute Gasteiger partial charge is 0.250 e. The quantitative estimate of drug-likeness (QED) is 0.775. The van der Waals surface area contributed by atoms with Crippen LogP contribution in [0.2, 0.25) is 0 Å². The first-order chi connectivity index (χ1) is 12.5. The summed E-state index contributed by atoms with van der Waals surface area (Å²) in [6.07, 6.45) is 10.5. The Labute approximate surface area is 151 Å². The number of rotatable bonds is 3. The van der Waals surface area contributed by atoms with Gasteiger partial charge >= 0.3 is 0 Å². The molecule has 5 nitrogen and oxygen atoms in total. The molecule has 1 aromatic carbocycles. The predicted molar refractivity (Wildman–Crippen MR) is 99.2 cm³/mol. The molecule has 1 saturated carbocycles. The van der Waals surface area contributed by atoms with Gasteiger partial charge in [0.1, 0.15) is 11.4 Å². The fourth-order valence-corrected chi connectivity index (χ4v) is 4.13. The van der Waals surface area contributed by atoms with Gasteiger partial charge in [-0.3, -0.25) is 9.48 Å². The highest BCUT2D eigenvalue weighted by molar-refractivity contribution is 5.95. The maximum Gasteiger partial charge on any atom is 0.250 e. The van der Waals surface area contributed by atoms with Crippen molar-refractivity contribution in [2.45, 2.75) is 37.6 Å². The van der Waals surface area contributed by atoms with Gasteiger partial charge in [0.25, 0.3) is 0 Å². The zero-order valence-corrected chi connectivity index (χ0v) is 15.1. The summed E-state index contributed by atoms with van der Waals surface area (Å²) in [4.78, 5) is 17.8. The maximum absolute atomic E-state index is 13.4. The summed E-state index contributed by atoms with van der Waals surface area (Å²) >= 11 is 0. The predicted octanol–water partition coefficient (Wildman–Crippen LogP) is 3.92.